The molecule has 0 radical (unpaired) electrons. The highest BCUT2D eigenvalue weighted by molar-refractivity contribution is 5.90. The van der Waals surface area contributed by atoms with Crippen molar-refractivity contribution in [1.29, 1.82) is 0 Å². The number of esters is 1. The SMILES string of the molecule is CC1=CC(CC2(C)c3c(c4c(C)cccc4oc3=O)OC2C)OC1=O. The Kier molecular flexibility index (Phi) is 3.33. The van der Waals surface area contributed by atoms with Gasteiger partial charge in [-0.2, -0.15) is 0 Å². The van der Waals surface area contributed by atoms with Crippen molar-refractivity contribution >= 4 is 16.9 Å². The van der Waals surface area contributed by atoms with E-state index < -0.39 is 5.41 Å². The Morgan fingerprint density at radius 2 is 1.92 bits per heavy atom. The molecule has 0 spiro atoms. The molecule has 0 amide bonds. The number of aryl methyl sites for hydroxylation is 1. The first-order valence-corrected chi connectivity index (χ1v) is 8.44. The summed E-state index contributed by atoms with van der Waals surface area (Å²) in [5.41, 5.74) is 1.68. The average Bonchev–Trinajstić information content (AvgIpc) is 2.97. The van der Waals surface area contributed by atoms with Gasteiger partial charge in [-0.25, -0.2) is 9.59 Å². The van der Waals surface area contributed by atoms with Crippen LogP contribution in [0.5, 0.6) is 5.75 Å². The molecule has 0 fully saturated rings. The van der Waals surface area contributed by atoms with Crippen molar-refractivity contribution in [3.63, 3.8) is 0 Å². The molecule has 3 unspecified atom stereocenters. The van der Waals surface area contributed by atoms with Crippen molar-refractivity contribution in [3.8, 4) is 5.75 Å². The summed E-state index contributed by atoms with van der Waals surface area (Å²) in [6.45, 7) is 7.62. The fraction of sp³-hybridized carbons (Fsp3) is 0.400. The van der Waals surface area contributed by atoms with Gasteiger partial charge in [-0.3, -0.25) is 0 Å². The molecule has 5 nitrogen and oxygen atoms in total. The summed E-state index contributed by atoms with van der Waals surface area (Å²) in [5.74, 6) is 0.297. The molecule has 0 saturated heterocycles. The van der Waals surface area contributed by atoms with Gasteiger partial charge in [0.2, 0.25) is 0 Å². The van der Waals surface area contributed by atoms with Gasteiger partial charge in [-0.05, 0) is 38.5 Å². The minimum absolute atomic E-state index is 0.233. The van der Waals surface area contributed by atoms with Crippen LogP contribution in [0, 0.1) is 6.92 Å². The summed E-state index contributed by atoms with van der Waals surface area (Å²) < 4.78 is 17.1. The van der Waals surface area contributed by atoms with E-state index in [1.807, 2.05) is 39.0 Å². The molecule has 1 aromatic heterocycles. The van der Waals surface area contributed by atoms with Crippen molar-refractivity contribution in [2.75, 3.05) is 0 Å². The average molecular weight is 340 g/mol. The Morgan fingerprint density at radius 1 is 1.16 bits per heavy atom. The number of ether oxygens (including phenoxy) is 2. The Hall–Kier alpha value is -2.56. The standard InChI is InChI=1S/C20H20O5/c1-10-6-5-7-14-15(10)17-16(19(22)25-14)20(4,12(3)23-17)9-13-8-11(2)18(21)24-13/h5-8,12-13H,9H2,1-4H3. The van der Waals surface area contributed by atoms with Crippen molar-refractivity contribution < 1.29 is 18.7 Å². The van der Waals surface area contributed by atoms with Gasteiger partial charge < -0.3 is 13.9 Å². The van der Waals surface area contributed by atoms with E-state index in [0.29, 0.717) is 28.9 Å². The zero-order chi connectivity index (χ0) is 17.9. The summed E-state index contributed by atoms with van der Waals surface area (Å²) >= 11 is 0. The predicted molar refractivity (Wildman–Crippen MR) is 92.9 cm³/mol. The maximum absolute atomic E-state index is 12.7. The van der Waals surface area contributed by atoms with E-state index in [1.165, 1.54) is 0 Å². The lowest BCUT2D eigenvalue weighted by Gasteiger charge is -2.28. The number of hydrogen-bond donors (Lipinski definition) is 0. The largest absolute Gasteiger partial charge is 0.488 e. The summed E-state index contributed by atoms with van der Waals surface area (Å²) in [6, 6.07) is 5.60. The molecular formula is C20H20O5. The monoisotopic (exact) mass is 340 g/mol. The lowest BCUT2D eigenvalue weighted by atomic mass is 9.75. The molecule has 5 heteroatoms. The number of fused-ring (bicyclic) bond motifs is 3. The van der Waals surface area contributed by atoms with Crippen LogP contribution in [-0.4, -0.2) is 18.2 Å². The second-order valence-electron chi connectivity index (χ2n) is 7.22. The van der Waals surface area contributed by atoms with Crippen LogP contribution in [0.25, 0.3) is 11.0 Å². The Labute approximate surface area is 145 Å². The molecule has 2 aromatic rings. The second kappa shape index (κ2) is 5.22. The molecule has 0 bridgehead atoms. The molecular weight excluding hydrogens is 320 g/mol. The fourth-order valence-corrected chi connectivity index (χ4v) is 3.90. The predicted octanol–water partition coefficient (Wildman–Crippen LogP) is 3.40. The smallest absolute Gasteiger partial charge is 0.343 e. The third kappa shape index (κ3) is 2.22. The Bertz CT molecular complexity index is 983. The molecule has 2 aliphatic heterocycles. The molecule has 4 rings (SSSR count). The first kappa shape index (κ1) is 15.9. The van der Waals surface area contributed by atoms with Crippen LogP contribution in [0.3, 0.4) is 0 Å². The van der Waals surface area contributed by atoms with Gasteiger partial charge in [-0.1, -0.05) is 19.1 Å². The van der Waals surface area contributed by atoms with Crippen LogP contribution in [0.15, 0.2) is 39.1 Å². The Balaban J connectivity index is 1.87. The molecule has 3 atom stereocenters. The van der Waals surface area contributed by atoms with Crippen LogP contribution in [0.2, 0.25) is 0 Å². The maximum atomic E-state index is 12.7. The zero-order valence-electron chi connectivity index (χ0n) is 14.7. The first-order chi connectivity index (χ1) is 11.8. The normalized spacial score (nSPS) is 27.8. The number of carbonyl (C=O) groups is 1. The van der Waals surface area contributed by atoms with E-state index in [9.17, 15) is 9.59 Å². The van der Waals surface area contributed by atoms with E-state index in [4.69, 9.17) is 13.9 Å². The van der Waals surface area contributed by atoms with Crippen LogP contribution in [-0.2, 0) is 14.9 Å². The van der Waals surface area contributed by atoms with Gasteiger partial charge in [0.05, 0.1) is 10.9 Å². The number of benzene rings is 1. The van der Waals surface area contributed by atoms with Crippen molar-refractivity contribution in [1.82, 2.24) is 0 Å². The van der Waals surface area contributed by atoms with Crippen LogP contribution < -0.4 is 10.4 Å². The topological polar surface area (TPSA) is 65.7 Å². The third-order valence-electron chi connectivity index (χ3n) is 5.50. The lowest BCUT2D eigenvalue weighted by Crippen LogP contribution is -2.38. The number of cyclic esters (lactones) is 1. The Morgan fingerprint density at radius 3 is 2.60 bits per heavy atom. The third-order valence-corrected chi connectivity index (χ3v) is 5.50. The first-order valence-electron chi connectivity index (χ1n) is 8.44. The minimum atomic E-state index is -0.599. The molecule has 0 aliphatic carbocycles. The van der Waals surface area contributed by atoms with Crippen LogP contribution >= 0.6 is 0 Å². The van der Waals surface area contributed by atoms with Crippen molar-refractivity contribution in [2.24, 2.45) is 0 Å². The van der Waals surface area contributed by atoms with E-state index in [-0.39, 0.29) is 23.8 Å². The van der Waals surface area contributed by atoms with Gasteiger partial charge >= 0.3 is 11.6 Å². The molecule has 130 valence electrons. The van der Waals surface area contributed by atoms with Crippen molar-refractivity contribution in [3.05, 3.63) is 51.4 Å². The maximum Gasteiger partial charge on any atom is 0.343 e. The summed E-state index contributed by atoms with van der Waals surface area (Å²) in [4.78, 5) is 24.4. The summed E-state index contributed by atoms with van der Waals surface area (Å²) in [7, 11) is 0. The molecule has 0 saturated carbocycles. The minimum Gasteiger partial charge on any atom is -0.488 e. The number of carbonyl (C=O) groups excluding carboxylic acids is 1. The van der Waals surface area contributed by atoms with E-state index >= 15 is 0 Å². The zero-order valence-corrected chi connectivity index (χ0v) is 14.7. The van der Waals surface area contributed by atoms with E-state index in [0.717, 1.165) is 10.9 Å². The molecule has 25 heavy (non-hydrogen) atoms. The van der Waals surface area contributed by atoms with Gasteiger partial charge in [0.15, 0.2) is 0 Å². The number of hydrogen-bond acceptors (Lipinski definition) is 5. The van der Waals surface area contributed by atoms with Crippen LogP contribution in [0.1, 0.15) is 38.3 Å². The molecule has 0 N–H and O–H groups in total. The van der Waals surface area contributed by atoms with Gasteiger partial charge in [0.25, 0.3) is 0 Å². The highest BCUT2D eigenvalue weighted by atomic mass is 16.5. The lowest BCUT2D eigenvalue weighted by molar-refractivity contribution is -0.140. The second-order valence-corrected chi connectivity index (χ2v) is 7.22. The van der Waals surface area contributed by atoms with Crippen LogP contribution in [0.4, 0.5) is 0 Å². The highest BCUT2D eigenvalue weighted by Crippen LogP contribution is 2.48. The summed E-state index contributed by atoms with van der Waals surface area (Å²) in [5, 5.41) is 0.836. The number of rotatable bonds is 2. The van der Waals surface area contributed by atoms with Gasteiger partial charge in [-0.15, -0.1) is 0 Å². The molecule has 1 aromatic carbocycles. The molecule has 3 heterocycles. The van der Waals surface area contributed by atoms with E-state index in [1.54, 1.807) is 13.0 Å². The summed E-state index contributed by atoms with van der Waals surface area (Å²) in [6.07, 6.45) is 1.70. The fourth-order valence-electron chi connectivity index (χ4n) is 3.90. The van der Waals surface area contributed by atoms with Crippen molar-refractivity contribution in [2.45, 2.75) is 51.7 Å². The van der Waals surface area contributed by atoms with E-state index in [2.05, 4.69) is 0 Å². The molecule has 2 aliphatic rings. The van der Waals surface area contributed by atoms with Gasteiger partial charge in [0, 0.05) is 17.4 Å². The highest BCUT2D eigenvalue weighted by Gasteiger charge is 2.49. The van der Waals surface area contributed by atoms with Gasteiger partial charge in [0.1, 0.15) is 23.5 Å². The quantitative estimate of drug-likeness (QED) is 0.619.